The molecule has 0 radical (unpaired) electrons. The molecule has 26 heavy (non-hydrogen) atoms. The van der Waals surface area contributed by atoms with Gasteiger partial charge in [0.1, 0.15) is 16.6 Å². The van der Waals surface area contributed by atoms with Gasteiger partial charge in [0.25, 0.3) is 0 Å². The van der Waals surface area contributed by atoms with Crippen molar-refractivity contribution in [2.75, 3.05) is 5.32 Å². The van der Waals surface area contributed by atoms with Crippen molar-refractivity contribution in [1.82, 2.24) is 0 Å². The molecule has 3 nitrogen and oxygen atoms in total. The van der Waals surface area contributed by atoms with E-state index in [0.29, 0.717) is 27.4 Å². The van der Waals surface area contributed by atoms with Crippen molar-refractivity contribution >= 4 is 33.8 Å². The summed E-state index contributed by atoms with van der Waals surface area (Å²) < 4.78 is 0. The smallest absolute Gasteiger partial charge is 0.228 e. The first-order valence-electron chi connectivity index (χ1n) is 9.08. The van der Waals surface area contributed by atoms with Gasteiger partial charge < -0.3 is 5.32 Å². The molecule has 1 heterocycles. The van der Waals surface area contributed by atoms with Crippen LogP contribution in [-0.2, 0) is 4.79 Å². The molecule has 1 aromatic carbocycles. The van der Waals surface area contributed by atoms with Crippen molar-refractivity contribution in [3.8, 4) is 16.5 Å². The van der Waals surface area contributed by atoms with E-state index in [1.165, 1.54) is 24.2 Å². The van der Waals surface area contributed by atoms with E-state index in [4.69, 9.17) is 11.6 Å². The lowest BCUT2D eigenvalue weighted by atomic mass is 9.88. The molecule has 2 saturated carbocycles. The number of carbonyl (C=O) groups is 1. The summed E-state index contributed by atoms with van der Waals surface area (Å²) in [5.41, 5.74) is 3.65. The highest BCUT2D eigenvalue weighted by atomic mass is 35.5. The van der Waals surface area contributed by atoms with Crippen LogP contribution >= 0.6 is 22.9 Å². The maximum atomic E-state index is 12.8. The highest BCUT2D eigenvalue weighted by Crippen LogP contribution is 2.49. The molecule has 2 aliphatic carbocycles. The van der Waals surface area contributed by atoms with Crippen molar-refractivity contribution in [2.45, 2.75) is 39.5 Å². The number of halogens is 1. The minimum atomic E-state index is 0.0548. The van der Waals surface area contributed by atoms with E-state index >= 15 is 0 Å². The lowest BCUT2D eigenvalue weighted by Crippen LogP contribution is -2.27. The van der Waals surface area contributed by atoms with E-state index < -0.39 is 0 Å². The molecular formula is C21H21ClN2OS. The van der Waals surface area contributed by atoms with Crippen LogP contribution in [0.2, 0.25) is 5.02 Å². The Hall–Kier alpha value is -1.83. The maximum absolute atomic E-state index is 12.8. The van der Waals surface area contributed by atoms with E-state index in [2.05, 4.69) is 29.6 Å². The topological polar surface area (TPSA) is 52.9 Å². The second-order valence-corrected chi connectivity index (χ2v) is 9.05. The number of nitrogens with one attached hydrogen (secondary N) is 1. The number of thiophene rings is 1. The Morgan fingerprint density at radius 2 is 2.12 bits per heavy atom. The maximum Gasteiger partial charge on any atom is 0.228 e. The number of anilines is 1. The predicted octanol–water partition coefficient (Wildman–Crippen LogP) is 5.93. The molecule has 1 N–H and O–H groups in total. The average molecular weight is 385 g/mol. The summed E-state index contributed by atoms with van der Waals surface area (Å²) in [5.74, 6) is 1.37. The summed E-state index contributed by atoms with van der Waals surface area (Å²) in [4.78, 5) is 13.6. The molecule has 2 aromatic rings. The fourth-order valence-corrected chi connectivity index (χ4v) is 6.06. The standard InChI is InChI=1S/C21H21ClN2OS/c1-11-3-4-12(2)15(7-11)19-18(22)17(10-23)21(26-19)24-20(25)16-9-13-5-6-14(16)8-13/h3-4,7,13-14,16H,5-6,8-9H2,1-2H3,(H,24,25)/t13-,14+,16+/m0/s1. The number of nitriles is 1. The highest BCUT2D eigenvalue weighted by molar-refractivity contribution is 7.20. The summed E-state index contributed by atoms with van der Waals surface area (Å²) in [6.45, 7) is 4.07. The van der Waals surface area contributed by atoms with Crippen LogP contribution in [0.25, 0.3) is 10.4 Å². The molecule has 2 fully saturated rings. The van der Waals surface area contributed by atoms with Crippen LogP contribution in [0.5, 0.6) is 0 Å². The number of fused-ring (bicyclic) bond motifs is 2. The van der Waals surface area contributed by atoms with Crippen molar-refractivity contribution in [1.29, 1.82) is 5.26 Å². The molecule has 1 amide bonds. The molecule has 0 aliphatic heterocycles. The molecule has 0 unspecified atom stereocenters. The summed E-state index contributed by atoms with van der Waals surface area (Å²) >= 11 is 7.94. The highest BCUT2D eigenvalue weighted by Gasteiger charge is 2.43. The van der Waals surface area contributed by atoms with Gasteiger partial charge in [-0.1, -0.05) is 41.8 Å². The Balaban J connectivity index is 1.66. The van der Waals surface area contributed by atoms with Crippen molar-refractivity contribution in [2.24, 2.45) is 17.8 Å². The number of hydrogen-bond acceptors (Lipinski definition) is 3. The third-order valence-corrected chi connectivity index (χ3v) is 7.54. The van der Waals surface area contributed by atoms with Gasteiger partial charge in [-0.3, -0.25) is 4.79 Å². The fourth-order valence-electron chi connectivity index (χ4n) is 4.52. The quantitative estimate of drug-likeness (QED) is 0.712. The number of carbonyl (C=O) groups excluding carboxylic acids is 1. The Kier molecular flexibility index (Phi) is 4.54. The second-order valence-electron chi connectivity index (χ2n) is 7.65. The number of amides is 1. The number of hydrogen-bond donors (Lipinski definition) is 1. The van der Waals surface area contributed by atoms with Crippen LogP contribution in [0.4, 0.5) is 5.00 Å². The molecule has 2 aliphatic rings. The summed E-state index contributed by atoms with van der Waals surface area (Å²) in [7, 11) is 0. The van der Waals surface area contributed by atoms with Gasteiger partial charge in [-0.2, -0.15) is 5.26 Å². The SMILES string of the molecule is Cc1ccc(C)c(-c2sc(NC(=O)[C@@H]3C[C@H]4CC[C@@H]3C4)c(C#N)c2Cl)c1. The third kappa shape index (κ3) is 2.94. The normalized spacial score (nSPS) is 23.8. The van der Waals surface area contributed by atoms with Gasteiger partial charge >= 0.3 is 0 Å². The zero-order valence-corrected chi connectivity index (χ0v) is 16.5. The first-order valence-corrected chi connectivity index (χ1v) is 10.3. The summed E-state index contributed by atoms with van der Waals surface area (Å²) in [5, 5.41) is 13.6. The number of nitrogens with zero attached hydrogens (tertiary/aromatic N) is 1. The van der Waals surface area contributed by atoms with Crippen LogP contribution in [-0.4, -0.2) is 5.91 Å². The Morgan fingerprint density at radius 1 is 1.31 bits per heavy atom. The van der Waals surface area contributed by atoms with Gasteiger partial charge in [-0.25, -0.2) is 0 Å². The van der Waals surface area contributed by atoms with Gasteiger partial charge in [0.2, 0.25) is 5.91 Å². The van der Waals surface area contributed by atoms with Crippen LogP contribution < -0.4 is 5.32 Å². The summed E-state index contributed by atoms with van der Waals surface area (Å²) in [6, 6.07) is 8.38. The zero-order chi connectivity index (χ0) is 18.4. The molecule has 5 heteroatoms. The second kappa shape index (κ2) is 6.72. The van der Waals surface area contributed by atoms with Crippen LogP contribution in [0.15, 0.2) is 18.2 Å². The molecule has 2 bridgehead atoms. The van der Waals surface area contributed by atoms with Gasteiger partial charge in [-0.05, 0) is 56.1 Å². The fraction of sp³-hybridized carbons (Fsp3) is 0.429. The van der Waals surface area contributed by atoms with Crippen molar-refractivity contribution < 1.29 is 4.79 Å². The molecule has 134 valence electrons. The lowest BCUT2D eigenvalue weighted by Gasteiger charge is -2.20. The van der Waals surface area contributed by atoms with E-state index in [9.17, 15) is 10.1 Å². The van der Waals surface area contributed by atoms with Crippen LogP contribution in [0.1, 0.15) is 42.4 Å². The largest absolute Gasteiger partial charge is 0.316 e. The van der Waals surface area contributed by atoms with E-state index in [1.807, 2.05) is 13.8 Å². The minimum absolute atomic E-state index is 0.0548. The molecule has 1 aromatic heterocycles. The van der Waals surface area contributed by atoms with E-state index in [-0.39, 0.29) is 11.8 Å². The molecule has 0 spiro atoms. The Labute approximate surface area is 163 Å². The lowest BCUT2D eigenvalue weighted by molar-refractivity contribution is -0.121. The first-order chi connectivity index (χ1) is 12.5. The van der Waals surface area contributed by atoms with Gasteiger partial charge in [0, 0.05) is 5.92 Å². The van der Waals surface area contributed by atoms with Gasteiger partial charge in [-0.15, -0.1) is 11.3 Å². The first kappa shape index (κ1) is 17.6. The molecule has 4 rings (SSSR count). The predicted molar refractivity (Wildman–Crippen MR) is 107 cm³/mol. The van der Waals surface area contributed by atoms with Crippen LogP contribution in [0, 0.1) is 42.9 Å². The summed E-state index contributed by atoms with van der Waals surface area (Å²) in [6.07, 6.45) is 4.59. The average Bonchev–Trinajstić information content (AvgIpc) is 3.32. The zero-order valence-electron chi connectivity index (χ0n) is 14.9. The minimum Gasteiger partial charge on any atom is -0.316 e. The molecule has 3 atom stereocenters. The van der Waals surface area contributed by atoms with E-state index in [0.717, 1.165) is 34.4 Å². The number of benzene rings is 1. The third-order valence-electron chi connectivity index (χ3n) is 5.91. The van der Waals surface area contributed by atoms with Gasteiger partial charge in [0.05, 0.1) is 9.90 Å². The molecular weight excluding hydrogens is 364 g/mol. The van der Waals surface area contributed by atoms with Crippen LogP contribution in [0.3, 0.4) is 0 Å². The van der Waals surface area contributed by atoms with Crippen molar-refractivity contribution in [3.05, 3.63) is 39.9 Å². The Morgan fingerprint density at radius 3 is 2.77 bits per heavy atom. The number of aryl methyl sites for hydroxylation is 2. The van der Waals surface area contributed by atoms with E-state index in [1.54, 1.807) is 0 Å². The molecule has 0 saturated heterocycles. The monoisotopic (exact) mass is 384 g/mol. The number of rotatable bonds is 3. The van der Waals surface area contributed by atoms with Gasteiger partial charge in [0.15, 0.2) is 0 Å². The Bertz CT molecular complexity index is 927. The van der Waals surface area contributed by atoms with Crippen molar-refractivity contribution in [3.63, 3.8) is 0 Å².